The number of carbonyl (C=O) groups excluding carboxylic acids is 8. The first-order chi connectivity index (χ1) is 45.3. The van der Waals surface area contributed by atoms with Crippen LogP contribution in [0.4, 0.5) is 0 Å². The van der Waals surface area contributed by atoms with Crippen LogP contribution in [0, 0.1) is 11.8 Å². The summed E-state index contributed by atoms with van der Waals surface area (Å²) in [5, 5.41) is 30.8. The van der Waals surface area contributed by atoms with E-state index in [1.807, 2.05) is 72.8 Å². The molecule has 504 valence electrons. The third-order valence-corrected chi connectivity index (χ3v) is 18.4. The molecule has 4 aliphatic rings. The molecule has 4 aromatic carbocycles. The molecule has 4 saturated heterocycles. The van der Waals surface area contributed by atoms with Crippen LogP contribution < -0.4 is 53.2 Å². The van der Waals surface area contributed by atoms with Crippen molar-refractivity contribution < 1.29 is 52.6 Å². The van der Waals surface area contributed by atoms with Crippen molar-refractivity contribution in [2.75, 3.05) is 79.9 Å². The molecule has 4 aliphatic heterocycles. The Kier molecular flexibility index (Phi) is 28.6. The normalized spacial score (nSPS) is 22.4. The van der Waals surface area contributed by atoms with Crippen molar-refractivity contribution >= 4 is 47.3 Å². The topological polar surface area (TPSA) is 291 Å². The standard InChI is InChI=1S/C70H98N12O11/c1-47(71-3)63(83)79-61-53(45-73-43-49-19-9-5-10-20-49)27-29-55-31-33-57(81(55)69(61)89)65(85)77-59(51-23-13-7-14-24-51)67(87)75-35-17-37-91-39-41-93-42-40-92-38-18-36-76-68(88)60(52-25-15-8-16-26-52)78-66(86)58-34-32-56-30-28-54(46-74-44-50-21-11-6-12-22-50)62(70(90)82(56)58)80-64(84)48(2)72-4/h5-16,19-26,47-48,53-62,71-74H,17-18,27-46H2,1-4H3,(H,75,87)(H,76,88)(H,77,85)(H,78,86)(H,79,83)(H,80,84)/t47-,48-,53+,54+,55-,56-,57-,58-,59-,60-,61-,62-/m0/s1. The lowest BCUT2D eigenvalue weighted by atomic mass is 9.92. The minimum absolute atomic E-state index is 0.185. The predicted octanol–water partition coefficient (Wildman–Crippen LogP) is 3.07. The van der Waals surface area contributed by atoms with Crippen LogP contribution in [0.1, 0.15) is 112 Å². The number of benzene rings is 4. The molecule has 0 aromatic heterocycles. The van der Waals surface area contributed by atoms with Gasteiger partial charge in [-0.15, -0.1) is 0 Å². The fourth-order valence-corrected chi connectivity index (χ4v) is 12.9. The van der Waals surface area contributed by atoms with E-state index < -0.39 is 72.0 Å². The summed E-state index contributed by atoms with van der Waals surface area (Å²) < 4.78 is 17.3. The summed E-state index contributed by atoms with van der Waals surface area (Å²) in [5.74, 6) is -3.25. The number of nitrogens with one attached hydrogen (secondary N) is 10. The second-order valence-corrected chi connectivity index (χ2v) is 24.7. The number of carbonyl (C=O) groups is 8. The first-order valence-corrected chi connectivity index (χ1v) is 33.3. The van der Waals surface area contributed by atoms with Crippen molar-refractivity contribution in [2.24, 2.45) is 11.8 Å². The van der Waals surface area contributed by atoms with Crippen LogP contribution in [-0.4, -0.2) is 185 Å². The smallest absolute Gasteiger partial charge is 0.247 e. The Balaban J connectivity index is 0.723. The predicted molar refractivity (Wildman–Crippen MR) is 352 cm³/mol. The maximum absolute atomic E-state index is 14.6. The number of hydrogen-bond acceptors (Lipinski definition) is 15. The minimum atomic E-state index is -1.02. The van der Waals surface area contributed by atoms with E-state index in [0.29, 0.717) is 141 Å². The average Bonchev–Trinajstić information content (AvgIpc) is 1.66. The molecule has 8 amide bonds. The third-order valence-electron chi connectivity index (χ3n) is 18.4. The molecule has 4 fully saturated rings. The summed E-state index contributed by atoms with van der Waals surface area (Å²) >= 11 is 0. The summed E-state index contributed by atoms with van der Waals surface area (Å²) in [4.78, 5) is 116. The lowest BCUT2D eigenvalue weighted by Crippen LogP contribution is -2.59. The number of likely N-dealkylation sites (N-methyl/N-ethyl adjacent to an activating group) is 2. The van der Waals surface area contributed by atoms with Gasteiger partial charge in [-0.05, 0) is 114 Å². The number of hydrogen-bond donors (Lipinski definition) is 10. The second kappa shape index (κ2) is 37.3. The van der Waals surface area contributed by atoms with E-state index in [0.717, 1.165) is 11.1 Å². The molecule has 93 heavy (non-hydrogen) atoms. The summed E-state index contributed by atoms with van der Waals surface area (Å²) in [6.45, 7) is 8.24. The first kappa shape index (κ1) is 71.2. The monoisotopic (exact) mass is 1280 g/mol. The SMILES string of the molecule is CN[C@@H](C)C(=O)N[C@@H]1C(=O)N2[C@@H](CC[C@@H]1CNCc1ccccc1)CC[C@H]2C(=O)N[C@H](C(=O)NCCCOCCOCCOCCCNC(=O)[C@@H](NC(=O)[C@@H]1CC[C@@H]2CC[C@H](CNCc3ccccc3)[C@H](NC(=O)[C@H](C)NC)C(=O)N21)c1ccccc1)c1ccccc1. The average molecular weight is 1280 g/mol. The summed E-state index contributed by atoms with van der Waals surface area (Å²) in [5.41, 5.74) is 3.41. The maximum atomic E-state index is 14.6. The first-order valence-electron chi connectivity index (χ1n) is 33.3. The van der Waals surface area contributed by atoms with Gasteiger partial charge in [0.15, 0.2) is 0 Å². The molecular formula is C70H98N12O11. The molecule has 0 unspecified atom stereocenters. The molecule has 23 nitrogen and oxygen atoms in total. The molecule has 4 aromatic rings. The van der Waals surface area contributed by atoms with Crippen LogP contribution in [0.2, 0.25) is 0 Å². The van der Waals surface area contributed by atoms with Gasteiger partial charge in [0.05, 0.1) is 38.5 Å². The number of fused-ring (bicyclic) bond motifs is 2. The van der Waals surface area contributed by atoms with Crippen LogP contribution in [0.5, 0.6) is 0 Å². The summed E-state index contributed by atoms with van der Waals surface area (Å²) in [6.07, 6.45) is 5.82. The van der Waals surface area contributed by atoms with Gasteiger partial charge in [-0.25, -0.2) is 0 Å². The maximum Gasteiger partial charge on any atom is 0.247 e. The van der Waals surface area contributed by atoms with Crippen molar-refractivity contribution in [2.45, 2.75) is 152 Å². The Morgan fingerprint density at radius 2 is 0.796 bits per heavy atom. The lowest BCUT2D eigenvalue weighted by Gasteiger charge is -2.33. The molecule has 0 radical (unpaired) electrons. The van der Waals surface area contributed by atoms with E-state index in [1.54, 1.807) is 86.3 Å². The molecule has 4 heterocycles. The molecule has 23 heteroatoms. The van der Waals surface area contributed by atoms with Gasteiger partial charge in [0.25, 0.3) is 0 Å². The highest BCUT2D eigenvalue weighted by Crippen LogP contribution is 2.36. The van der Waals surface area contributed by atoms with E-state index in [2.05, 4.69) is 53.2 Å². The molecule has 12 atom stereocenters. The Labute approximate surface area is 547 Å². The van der Waals surface area contributed by atoms with Crippen molar-refractivity contribution in [3.05, 3.63) is 144 Å². The van der Waals surface area contributed by atoms with E-state index in [-0.39, 0.29) is 60.6 Å². The third kappa shape index (κ3) is 20.7. The van der Waals surface area contributed by atoms with Gasteiger partial charge >= 0.3 is 0 Å². The van der Waals surface area contributed by atoms with Gasteiger partial charge < -0.3 is 77.2 Å². The lowest BCUT2D eigenvalue weighted by molar-refractivity contribution is -0.144. The highest BCUT2D eigenvalue weighted by atomic mass is 16.5. The van der Waals surface area contributed by atoms with Gasteiger partial charge in [-0.2, -0.15) is 0 Å². The largest absolute Gasteiger partial charge is 0.379 e. The van der Waals surface area contributed by atoms with Crippen LogP contribution in [-0.2, 0) is 65.7 Å². The molecule has 10 N–H and O–H groups in total. The van der Waals surface area contributed by atoms with Crippen molar-refractivity contribution in [1.29, 1.82) is 0 Å². The van der Waals surface area contributed by atoms with Gasteiger partial charge in [0, 0.05) is 76.4 Å². The van der Waals surface area contributed by atoms with Crippen molar-refractivity contribution in [3.63, 3.8) is 0 Å². The Morgan fingerprint density at radius 3 is 1.16 bits per heavy atom. The minimum Gasteiger partial charge on any atom is -0.379 e. The van der Waals surface area contributed by atoms with Crippen LogP contribution >= 0.6 is 0 Å². The van der Waals surface area contributed by atoms with Gasteiger partial charge in [0.1, 0.15) is 36.3 Å². The van der Waals surface area contributed by atoms with E-state index in [9.17, 15) is 38.4 Å². The molecule has 8 rings (SSSR count). The number of amides is 8. The Hall–Kier alpha value is -7.64. The van der Waals surface area contributed by atoms with Crippen LogP contribution in [0.15, 0.2) is 121 Å². The van der Waals surface area contributed by atoms with Crippen LogP contribution in [0.3, 0.4) is 0 Å². The van der Waals surface area contributed by atoms with Gasteiger partial charge in [0.2, 0.25) is 47.3 Å². The highest BCUT2D eigenvalue weighted by molar-refractivity contribution is 5.97. The molecule has 0 spiro atoms. The zero-order valence-electron chi connectivity index (χ0n) is 54.4. The van der Waals surface area contributed by atoms with E-state index >= 15 is 0 Å². The molecule has 0 bridgehead atoms. The zero-order chi connectivity index (χ0) is 65.9. The quantitative estimate of drug-likeness (QED) is 0.0293. The fraction of sp³-hybridized carbons (Fsp3) is 0.543. The Morgan fingerprint density at radius 1 is 0.452 bits per heavy atom. The van der Waals surface area contributed by atoms with E-state index in [4.69, 9.17) is 14.2 Å². The fourth-order valence-electron chi connectivity index (χ4n) is 12.9. The zero-order valence-corrected chi connectivity index (χ0v) is 54.4. The number of nitrogens with zero attached hydrogens (tertiary/aromatic N) is 2. The Bertz CT molecular complexity index is 2810. The highest BCUT2D eigenvalue weighted by Gasteiger charge is 2.50. The van der Waals surface area contributed by atoms with Gasteiger partial charge in [-0.1, -0.05) is 121 Å². The van der Waals surface area contributed by atoms with Crippen LogP contribution in [0.25, 0.3) is 0 Å². The van der Waals surface area contributed by atoms with Crippen molar-refractivity contribution in [1.82, 2.24) is 63.0 Å². The second-order valence-electron chi connectivity index (χ2n) is 24.7. The molecule has 0 aliphatic carbocycles. The van der Waals surface area contributed by atoms with E-state index in [1.165, 1.54) is 0 Å². The molecule has 0 saturated carbocycles. The number of ether oxygens (including phenoxy) is 3. The van der Waals surface area contributed by atoms with Gasteiger partial charge in [-0.3, -0.25) is 38.4 Å². The van der Waals surface area contributed by atoms with Crippen molar-refractivity contribution in [3.8, 4) is 0 Å². The summed E-state index contributed by atoms with van der Waals surface area (Å²) in [7, 11) is 3.38. The molecular weight excluding hydrogens is 1180 g/mol. The number of rotatable bonds is 36. The summed E-state index contributed by atoms with van der Waals surface area (Å²) in [6, 6.07) is 31.1.